The number of benzene rings is 5. The number of aryl methyl sites for hydroxylation is 1. The molecular formula is C33H22BN3. The molecule has 0 saturated heterocycles. The van der Waals surface area contributed by atoms with Crippen molar-refractivity contribution in [2.24, 2.45) is 7.05 Å². The maximum absolute atomic E-state index is 2.65. The third-order valence-electron chi connectivity index (χ3n) is 8.49. The van der Waals surface area contributed by atoms with E-state index in [9.17, 15) is 0 Å². The lowest BCUT2D eigenvalue weighted by Gasteiger charge is -2.40. The quantitative estimate of drug-likeness (QED) is 0.243. The zero-order valence-electron chi connectivity index (χ0n) is 20.4. The van der Waals surface area contributed by atoms with Crippen LogP contribution in [0.3, 0.4) is 0 Å². The van der Waals surface area contributed by atoms with Gasteiger partial charge < -0.3 is 13.9 Å². The number of rotatable bonds is 1. The Kier molecular flexibility index (Phi) is 3.55. The van der Waals surface area contributed by atoms with Crippen LogP contribution in [0.4, 0.5) is 17.1 Å². The summed E-state index contributed by atoms with van der Waals surface area (Å²) < 4.78 is 5.03. The van der Waals surface area contributed by atoms with Crippen LogP contribution in [0.1, 0.15) is 0 Å². The number of anilines is 3. The highest BCUT2D eigenvalue weighted by molar-refractivity contribution is 6.90. The van der Waals surface area contributed by atoms with E-state index in [2.05, 4.69) is 136 Å². The monoisotopic (exact) mass is 471 g/mol. The van der Waals surface area contributed by atoms with E-state index in [0.29, 0.717) is 0 Å². The normalized spacial score (nSPS) is 13.4. The van der Waals surface area contributed by atoms with Crippen LogP contribution in [-0.4, -0.2) is 15.9 Å². The minimum Gasteiger partial charge on any atom is -0.374 e. The minimum atomic E-state index is 0.100. The predicted octanol–water partition coefficient (Wildman–Crippen LogP) is 6.70. The van der Waals surface area contributed by atoms with Crippen LogP contribution in [0.15, 0.2) is 115 Å². The highest BCUT2D eigenvalue weighted by Crippen LogP contribution is 2.46. The van der Waals surface area contributed by atoms with Crippen LogP contribution in [0, 0.1) is 0 Å². The van der Waals surface area contributed by atoms with E-state index in [1.807, 2.05) is 0 Å². The Morgan fingerprint density at radius 2 is 1.24 bits per heavy atom. The summed E-state index contributed by atoms with van der Waals surface area (Å²) >= 11 is 0. The Hall–Kier alpha value is -4.70. The molecule has 0 bridgehead atoms. The van der Waals surface area contributed by atoms with Gasteiger partial charge in [0.05, 0.1) is 16.6 Å². The molecule has 37 heavy (non-hydrogen) atoms. The molecule has 2 aliphatic heterocycles. The molecule has 0 aliphatic carbocycles. The summed E-state index contributed by atoms with van der Waals surface area (Å²) in [6, 6.07) is 42.2. The van der Waals surface area contributed by atoms with E-state index >= 15 is 0 Å². The summed E-state index contributed by atoms with van der Waals surface area (Å²) in [5.41, 5.74) is 14.3. The van der Waals surface area contributed by atoms with Gasteiger partial charge in [-0.25, -0.2) is 0 Å². The van der Waals surface area contributed by atoms with Crippen LogP contribution in [0.2, 0.25) is 0 Å². The first-order chi connectivity index (χ1) is 18.3. The van der Waals surface area contributed by atoms with Gasteiger partial charge in [-0.05, 0) is 46.8 Å². The molecule has 0 N–H and O–H groups in total. The molecule has 2 aliphatic rings. The van der Waals surface area contributed by atoms with Gasteiger partial charge in [0.1, 0.15) is 0 Å². The Morgan fingerprint density at radius 1 is 0.541 bits per heavy atom. The average molecular weight is 471 g/mol. The first-order valence-electron chi connectivity index (χ1n) is 12.9. The Labute approximate surface area is 214 Å². The fourth-order valence-corrected chi connectivity index (χ4v) is 7.11. The number of para-hydroxylation sites is 4. The number of fused-ring (bicyclic) bond motifs is 9. The summed E-state index contributed by atoms with van der Waals surface area (Å²) in [7, 11) is 2.21. The van der Waals surface area contributed by atoms with Crippen molar-refractivity contribution in [3.05, 3.63) is 115 Å². The molecule has 2 aromatic heterocycles. The lowest BCUT2D eigenvalue weighted by molar-refractivity contribution is 1.02. The summed E-state index contributed by atoms with van der Waals surface area (Å²) in [5.74, 6) is 0. The lowest BCUT2D eigenvalue weighted by Crippen LogP contribution is -2.56. The molecule has 9 rings (SSSR count). The first kappa shape index (κ1) is 19.5. The smallest absolute Gasteiger partial charge is 0.333 e. The second-order valence-electron chi connectivity index (χ2n) is 10.2. The maximum Gasteiger partial charge on any atom is 0.333 e. The molecule has 7 aromatic rings. The minimum absolute atomic E-state index is 0.100. The van der Waals surface area contributed by atoms with Crippen molar-refractivity contribution in [3.63, 3.8) is 0 Å². The van der Waals surface area contributed by atoms with Crippen molar-refractivity contribution < 1.29 is 0 Å². The maximum atomic E-state index is 2.65. The van der Waals surface area contributed by atoms with Crippen molar-refractivity contribution in [2.45, 2.75) is 0 Å². The lowest BCUT2D eigenvalue weighted by atomic mass is 9.45. The summed E-state index contributed by atoms with van der Waals surface area (Å²) in [6.45, 7) is 0.100. The SMILES string of the molecule is Cn1c2ccccc2c2c1c1cccc3c1n2B1c2ccccc2N(c2ccccc2)c2cccc-3c21. The summed E-state index contributed by atoms with van der Waals surface area (Å²) in [4.78, 5) is 2.44. The molecule has 172 valence electrons. The first-order valence-corrected chi connectivity index (χ1v) is 12.9. The molecule has 0 atom stereocenters. The van der Waals surface area contributed by atoms with Crippen LogP contribution >= 0.6 is 0 Å². The number of hydrogen-bond donors (Lipinski definition) is 0. The van der Waals surface area contributed by atoms with E-state index in [0.717, 1.165) is 0 Å². The van der Waals surface area contributed by atoms with E-state index in [1.165, 1.54) is 72.0 Å². The third kappa shape index (κ3) is 2.25. The number of aromatic nitrogens is 2. The molecular weight excluding hydrogens is 449 g/mol. The van der Waals surface area contributed by atoms with Crippen LogP contribution in [-0.2, 0) is 7.05 Å². The van der Waals surface area contributed by atoms with Crippen LogP contribution in [0.25, 0.3) is 44.0 Å². The Morgan fingerprint density at radius 3 is 2.16 bits per heavy atom. The van der Waals surface area contributed by atoms with E-state index in [4.69, 9.17) is 0 Å². The molecule has 0 spiro atoms. The zero-order valence-corrected chi connectivity index (χ0v) is 20.4. The Balaban J connectivity index is 1.51. The van der Waals surface area contributed by atoms with Crippen LogP contribution in [0.5, 0.6) is 0 Å². The second kappa shape index (κ2) is 6.74. The molecule has 0 fully saturated rings. The highest BCUT2D eigenvalue weighted by atomic mass is 15.2. The molecule has 0 amide bonds. The fourth-order valence-electron chi connectivity index (χ4n) is 7.11. The van der Waals surface area contributed by atoms with Gasteiger partial charge in [-0.2, -0.15) is 0 Å². The van der Waals surface area contributed by atoms with Gasteiger partial charge in [0.15, 0.2) is 0 Å². The average Bonchev–Trinajstić information content (AvgIpc) is 3.45. The zero-order chi connectivity index (χ0) is 24.2. The van der Waals surface area contributed by atoms with Crippen LogP contribution < -0.4 is 15.8 Å². The molecule has 4 heterocycles. The van der Waals surface area contributed by atoms with Gasteiger partial charge in [0.2, 0.25) is 0 Å². The van der Waals surface area contributed by atoms with E-state index < -0.39 is 0 Å². The van der Waals surface area contributed by atoms with Crippen molar-refractivity contribution in [1.82, 2.24) is 9.05 Å². The molecule has 0 saturated carbocycles. The number of hydrogen-bond acceptors (Lipinski definition) is 1. The standard InChI is InChI=1S/C33H22BN3/c1-35-27-18-7-5-13-24(27)33-32(35)25-16-9-15-23-22-14-10-20-29-30(22)34(37(33)31(23)25)26-17-6-8-19-28(26)36(29)21-11-3-2-4-12-21/h2-20H,1H3. The van der Waals surface area contributed by atoms with E-state index in [1.54, 1.807) is 0 Å². The molecule has 0 radical (unpaired) electrons. The van der Waals surface area contributed by atoms with Crippen molar-refractivity contribution in [2.75, 3.05) is 4.90 Å². The summed E-state index contributed by atoms with van der Waals surface area (Å²) in [6.07, 6.45) is 0. The predicted molar refractivity (Wildman–Crippen MR) is 156 cm³/mol. The van der Waals surface area contributed by atoms with Gasteiger partial charge in [0.25, 0.3) is 0 Å². The molecule has 0 unspecified atom stereocenters. The van der Waals surface area contributed by atoms with Crippen molar-refractivity contribution in [1.29, 1.82) is 0 Å². The molecule has 5 aromatic carbocycles. The van der Waals surface area contributed by atoms with Gasteiger partial charge in [0, 0.05) is 46.0 Å². The van der Waals surface area contributed by atoms with Crippen molar-refractivity contribution in [3.8, 4) is 11.1 Å². The van der Waals surface area contributed by atoms with Crippen molar-refractivity contribution >= 4 is 67.7 Å². The van der Waals surface area contributed by atoms with Gasteiger partial charge >= 0.3 is 6.85 Å². The topological polar surface area (TPSA) is 13.1 Å². The second-order valence-corrected chi connectivity index (χ2v) is 10.2. The van der Waals surface area contributed by atoms with Gasteiger partial charge in [-0.1, -0.05) is 84.9 Å². The Bertz CT molecular complexity index is 2070. The third-order valence-corrected chi connectivity index (χ3v) is 8.49. The highest BCUT2D eigenvalue weighted by Gasteiger charge is 2.42. The fraction of sp³-hybridized carbons (Fsp3) is 0.0303. The molecule has 3 nitrogen and oxygen atoms in total. The van der Waals surface area contributed by atoms with Gasteiger partial charge in [-0.15, -0.1) is 0 Å². The van der Waals surface area contributed by atoms with Gasteiger partial charge in [-0.3, -0.25) is 0 Å². The molecule has 4 heteroatoms. The number of nitrogens with zero attached hydrogens (tertiary/aromatic N) is 3. The van der Waals surface area contributed by atoms with E-state index in [-0.39, 0.29) is 6.85 Å². The summed E-state index contributed by atoms with van der Waals surface area (Å²) in [5, 5.41) is 2.64. The largest absolute Gasteiger partial charge is 0.374 e.